The quantitative estimate of drug-likeness (QED) is 0.517. The van der Waals surface area contributed by atoms with Crippen molar-refractivity contribution in [3.63, 3.8) is 0 Å². The molecule has 8 heteroatoms. The molecule has 1 saturated carbocycles. The summed E-state index contributed by atoms with van der Waals surface area (Å²) < 4.78 is 5.24. The van der Waals surface area contributed by atoms with Crippen molar-refractivity contribution >= 4 is 41.5 Å². The van der Waals surface area contributed by atoms with Crippen molar-refractivity contribution in [2.75, 3.05) is 19.0 Å². The SMILES string of the molecule is COCc1nc(NCCc2c(C)[nH]c3ccccc23)cc(C2CC(N)C2)n1.Cl.Cl. The van der Waals surface area contributed by atoms with Crippen molar-refractivity contribution in [1.29, 1.82) is 0 Å². The van der Waals surface area contributed by atoms with Gasteiger partial charge in [0.25, 0.3) is 0 Å². The monoisotopic (exact) mass is 437 g/mol. The van der Waals surface area contributed by atoms with Gasteiger partial charge in [0.05, 0.1) is 0 Å². The predicted octanol–water partition coefficient (Wildman–Crippen LogP) is 4.12. The first-order chi connectivity index (χ1) is 13.1. The van der Waals surface area contributed by atoms with Crippen LogP contribution in [0.1, 0.15) is 41.5 Å². The maximum absolute atomic E-state index is 5.95. The predicted molar refractivity (Wildman–Crippen MR) is 122 cm³/mol. The van der Waals surface area contributed by atoms with Gasteiger partial charge in [0.15, 0.2) is 5.82 Å². The molecule has 2 aromatic heterocycles. The Labute approximate surface area is 183 Å². The van der Waals surface area contributed by atoms with Crippen LogP contribution in [0.25, 0.3) is 10.9 Å². The summed E-state index contributed by atoms with van der Waals surface area (Å²) in [6.45, 7) is 3.37. The van der Waals surface area contributed by atoms with Gasteiger partial charge >= 0.3 is 0 Å². The molecule has 1 aliphatic carbocycles. The van der Waals surface area contributed by atoms with Gasteiger partial charge in [-0.15, -0.1) is 24.8 Å². The van der Waals surface area contributed by atoms with E-state index in [0.29, 0.717) is 18.6 Å². The molecule has 2 heterocycles. The molecule has 0 spiro atoms. The van der Waals surface area contributed by atoms with Gasteiger partial charge in [-0.2, -0.15) is 0 Å². The third-order valence-electron chi connectivity index (χ3n) is 5.37. The third-order valence-corrected chi connectivity index (χ3v) is 5.37. The van der Waals surface area contributed by atoms with Crippen LogP contribution in [0.5, 0.6) is 0 Å². The number of methoxy groups -OCH3 is 1. The van der Waals surface area contributed by atoms with E-state index in [2.05, 4.69) is 57.5 Å². The van der Waals surface area contributed by atoms with E-state index in [1.54, 1.807) is 7.11 Å². The molecule has 0 saturated heterocycles. The number of nitrogens with one attached hydrogen (secondary N) is 2. The van der Waals surface area contributed by atoms with E-state index in [-0.39, 0.29) is 24.8 Å². The van der Waals surface area contributed by atoms with Crippen LogP contribution in [0.2, 0.25) is 0 Å². The molecular weight excluding hydrogens is 409 g/mol. The van der Waals surface area contributed by atoms with E-state index in [1.165, 1.54) is 22.2 Å². The number of hydrogen-bond donors (Lipinski definition) is 3. The Balaban J connectivity index is 0.00000150. The highest BCUT2D eigenvalue weighted by Crippen LogP contribution is 2.35. The molecule has 0 atom stereocenters. The fourth-order valence-corrected chi connectivity index (χ4v) is 3.89. The number of H-pyrrole nitrogens is 1. The van der Waals surface area contributed by atoms with Gasteiger partial charge in [0, 0.05) is 54.0 Å². The summed E-state index contributed by atoms with van der Waals surface area (Å²) in [7, 11) is 1.67. The fourth-order valence-electron chi connectivity index (χ4n) is 3.89. The zero-order valence-electron chi connectivity index (χ0n) is 16.8. The number of ether oxygens (including phenoxy) is 1. The number of aromatic amines is 1. The number of aryl methyl sites for hydroxylation is 1. The van der Waals surface area contributed by atoms with Gasteiger partial charge < -0.3 is 20.8 Å². The Morgan fingerprint density at radius 2 is 1.97 bits per heavy atom. The average Bonchev–Trinajstić information content (AvgIpc) is 2.95. The number of nitrogens with zero attached hydrogens (tertiary/aromatic N) is 2. The first kappa shape index (κ1) is 23.4. The van der Waals surface area contributed by atoms with E-state index in [0.717, 1.165) is 43.1 Å². The van der Waals surface area contributed by atoms with Crippen molar-refractivity contribution in [2.45, 2.75) is 44.8 Å². The molecule has 4 N–H and O–H groups in total. The molecule has 3 aromatic rings. The third kappa shape index (κ3) is 5.20. The molecule has 0 unspecified atom stereocenters. The normalized spacial score (nSPS) is 17.9. The zero-order chi connectivity index (χ0) is 18.8. The zero-order valence-corrected chi connectivity index (χ0v) is 18.4. The van der Waals surface area contributed by atoms with E-state index >= 15 is 0 Å². The second-order valence-corrected chi connectivity index (χ2v) is 7.41. The second kappa shape index (κ2) is 10.3. The summed E-state index contributed by atoms with van der Waals surface area (Å²) in [6, 6.07) is 10.8. The molecule has 0 aliphatic heterocycles. The van der Waals surface area contributed by atoms with Crippen LogP contribution in [0, 0.1) is 6.92 Å². The molecule has 29 heavy (non-hydrogen) atoms. The van der Waals surface area contributed by atoms with Crippen molar-refractivity contribution in [1.82, 2.24) is 15.0 Å². The second-order valence-electron chi connectivity index (χ2n) is 7.41. The van der Waals surface area contributed by atoms with Gasteiger partial charge in [0.2, 0.25) is 0 Å². The van der Waals surface area contributed by atoms with Crippen LogP contribution < -0.4 is 11.1 Å². The minimum atomic E-state index is 0. The Morgan fingerprint density at radius 3 is 2.69 bits per heavy atom. The topological polar surface area (TPSA) is 88.8 Å². The molecule has 158 valence electrons. The van der Waals surface area contributed by atoms with Crippen LogP contribution in [0.4, 0.5) is 5.82 Å². The van der Waals surface area contributed by atoms with Crippen molar-refractivity contribution in [3.8, 4) is 0 Å². The van der Waals surface area contributed by atoms with Gasteiger partial charge in [-0.25, -0.2) is 9.97 Å². The number of para-hydroxylation sites is 1. The molecule has 4 rings (SSSR count). The number of nitrogens with two attached hydrogens (primary N) is 1. The first-order valence-corrected chi connectivity index (χ1v) is 9.56. The van der Waals surface area contributed by atoms with E-state index in [1.807, 2.05) is 0 Å². The van der Waals surface area contributed by atoms with Gasteiger partial charge in [-0.3, -0.25) is 0 Å². The summed E-state index contributed by atoms with van der Waals surface area (Å²) in [5.41, 5.74) is 10.8. The van der Waals surface area contributed by atoms with Crippen LogP contribution in [0.15, 0.2) is 30.3 Å². The lowest BCUT2D eigenvalue weighted by molar-refractivity contribution is 0.177. The van der Waals surface area contributed by atoms with Crippen LogP contribution in [-0.2, 0) is 17.8 Å². The summed E-state index contributed by atoms with van der Waals surface area (Å²) in [5, 5.41) is 4.77. The highest BCUT2D eigenvalue weighted by atomic mass is 35.5. The maximum Gasteiger partial charge on any atom is 0.156 e. The summed E-state index contributed by atoms with van der Waals surface area (Å²) in [6.07, 6.45) is 2.93. The van der Waals surface area contributed by atoms with Crippen molar-refractivity contribution in [2.24, 2.45) is 5.73 Å². The highest BCUT2D eigenvalue weighted by Gasteiger charge is 2.29. The molecule has 0 radical (unpaired) electrons. The lowest BCUT2D eigenvalue weighted by atomic mass is 9.78. The van der Waals surface area contributed by atoms with Crippen molar-refractivity contribution < 1.29 is 4.74 Å². The molecule has 0 bridgehead atoms. The van der Waals surface area contributed by atoms with Gasteiger partial charge in [-0.05, 0) is 37.8 Å². The smallest absolute Gasteiger partial charge is 0.156 e. The largest absolute Gasteiger partial charge is 0.377 e. The molecule has 1 fully saturated rings. The first-order valence-electron chi connectivity index (χ1n) is 9.56. The van der Waals surface area contributed by atoms with Crippen LogP contribution in [0.3, 0.4) is 0 Å². The molecule has 0 amide bonds. The number of rotatable bonds is 7. The fraction of sp³-hybridized carbons (Fsp3) is 0.429. The van der Waals surface area contributed by atoms with Crippen LogP contribution in [-0.4, -0.2) is 34.6 Å². The van der Waals surface area contributed by atoms with E-state index < -0.39 is 0 Å². The number of aromatic nitrogens is 3. The van der Waals surface area contributed by atoms with Crippen molar-refractivity contribution in [3.05, 3.63) is 53.1 Å². The Hall–Kier alpha value is -1.86. The van der Waals surface area contributed by atoms with Gasteiger partial charge in [-0.1, -0.05) is 18.2 Å². The number of anilines is 1. The molecular formula is C21H29Cl2N5O. The number of hydrogen-bond acceptors (Lipinski definition) is 5. The summed E-state index contributed by atoms with van der Waals surface area (Å²) in [4.78, 5) is 12.7. The Bertz CT molecular complexity index is 940. The molecule has 1 aromatic carbocycles. The highest BCUT2D eigenvalue weighted by molar-refractivity contribution is 5.86. The standard InChI is InChI=1S/C21H27N5O.2ClH/c1-13-16(17-5-3-4-6-18(17)24-13)7-8-23-20-11-19(14-9-15(22)10-14)25-21(26-20)12-27-2;;/h3-6,11,14-15,24H,7-10,12,22H2,1-2H3,(H,23,25,26);2*1H. The Kier molecular flexibility index (Phi) is 8.28. The van der Waals surface area contributed by atoms with Gasteiger partial charge in [0.1, 0.15) is 12.4 Å². The minimum absolute atomic E-state index is 0. The molecule has 1 aliphatic rings. The average molecular weight is 438 g/mol. The number of fused-ring (bicyclic) bond motifs is 1. The van der Waals surface area contributed by atoms with E-state index in [9.17, 15) is 0 Å². The summed E-state index contributed by atoms with van der Waals surface area (Å²) >= 11 is 0. The summed E-state index contributed by atoms with van der Waals surface area (Å²) in [5.74, 6) is 2.03. The number of benzene rings is 1. The van der Waals surface area contributed by atoms with E-state index in [4.69, 9.17) is 10.5 Å². The number of halogens is 2. The lowest BCUT2D eigenvalue weighted by Gasteiger charge is -2.32. The molecule has 6 nitrogen and oxygen atoms in total. The Morgan fingerprint density at radius 1 is 1.21 bits per heavy atom. The maximum atomic E-state index is 5.95. The minimum Gasteiger partial charge on any atom is -0.377 e. The van der Waals surface area contributed by atoms with Crippen LogP contribution >= 0.6 is 24.8 Å². The lowest BCUT2D eigenvalue weighted by Crippen LogP contribution is -2.35.